The number of ether oxygens (including phenoxy) is 1. The quantitative estimate of drug-likeness (QED) is 0.799. The van der Waals surface area contributed by atoms with E-state index < -0.39 is 29.7 Å². The molecule has 1 N–H and O–H groups in total. The van der Waals surface area contributed by atoms with Gasteiger partial charge in [-0.2, -0.15) is 18.0 Å². The van der Waals surface area contributed by atoms with Crippen LogP contribution in [0.15, 0.2) is 5.38 Å². The van der Waals surface area contributed by atoms with Crippen molar-refractivity contribution in [1.29, 1.82) is 0 Å². The fourth-order valence-electron chi connectivity index (χ4n) is 2.53. The maximum Gasteiger partial charge on any atom is 0.596 e. The van der Waals surface area contributed by atoms with Crippen molar-refractivity contribution in [3.63, 3.8) is 0 Å². The Balaban J connectivity index is 1.98. The first-order valence-corrected chi connectivity index (χ1v) is 9.01. The molecule has 1 aromatic heterocycles. The van der Waals surface area contributed by atoms with Crippen LogP contribution in [0.5, 0.6) is 0 Å². The van der Waals surface area contributed by atoms with Gasteiger partial charge in [-0.1, -0.05) is 0 Å². The number of aromatic nitrogens is 1. The number of carbonyl (C=O) groups excluding carboxylic acids is 1. The minimum atomic E-state index is -4.52. The molecule has 6 nitrogen and oxygen atoms in total. The van der Waals surface area contributed by atoms with E-state index >= 15 is 0 Å². The van der Waals surface area contributed by atoms with Gasteiger partial charge in [0.05, 0.1) is 13.1 Å². The van der Waals surface area contributed by atoms with Crippen LogP contribution < -0.4 is 0 Å². The number of hydrogen-bond acceptors (Lipinski definition) is 6. The van der Waals surface area contributed by atoms with E-state index in [1.165, 1.54) is 0 Å². The van der Waals surface area contributed by atoms with E-state index in [0.29, 0.717) is 19.6 Å². The van der Waals surface area contributed by atoms with E-state index in [-0.39, 0.29) is 11.6 Å². The molecule has 0 saturated carbocycles. The van der Waals surface area contributed by atoms with Gasteiger partial charge in [0.1, 0.15) is 16.7 Å². The largest absolute Gasteiger partial charge is 0.596 e. The molecule has 1 aliphatic rings. The van der Waals surface area contributed by atoms with E-state index in [2.05, 4.69) is 4.98 Å². The van der Waals surface area contributed by atoms with Gasteiger partial charge in [-0.25, -0.2) is 4.98 Å². The summed E-state index contributed by atoms with van der Waals surface area (Å²) in [6.45, 7) is 8.57. The van der Waals surface area contributed by atoms with Crippen LogP contribution in [0.25, 0.3) is 0 Å². The van der Waals surface area contributed by atoms with E-state index in [1.807, 2.05) is 4.90 Å². The predicted octanol–water partition coefficient (Wildman–Crippen LogP) is 2.92. The number of thiazole rings is 1. The predicted molar refractivity (Wildman–Crippen MR) is 90.6 cm³/mol. The Bertz CT molecular complexity index is 695. The molecule has 0 aromatic carbocycles. The molecule has 1 unspecified atom stereocenters. The lowest BCUT2D eigenvalue weighted by Crippen LogP contribution is -2.48. The Hall–Kier alpha value is -1.52. The number of rotatable bonds is 3. The first-order chi connectivity index (χ1) is 11.9. The summed E-state index contributed by atoms with van der Waals surface area (Å²) in [6.07, 6.45) is -6.06. The number of alkyl halides is 3. The molecular formula is C16H23F3N3O3S+. The highest BCUT2D eigenvalue weighted by Crippen LogP contribution is 2.31. The summed E-state index contributed by atoms with van der Waals surface area (Å²) in [5, 5.41) is 11.1. The highest BCUT2D eigenvalue weighted by atomic mass is 32.1. The monoisotopic (exact) mass is 394 g/mol. The highest BCUT2D eigenvalue weighted by Gasteiger charge is 2.36. The van der Waals surface area contributed by atoms with Crippen LogP contribution in [-0.2, 0) is 10.9 Å². The Morgan fingerprint density at radius 2 is 2.12 bits per heavy atom. The Morgan fingerprint density at radius 1 is 1.46 bits per heavy atom. The number of aliphatic hydroxyl groups excluding tert-OH is 1. The lowest BCUT2D eigenvalue weighted by Gasteiger charge is -2.26. The second kappa shape index (κ2) is 7.61. The van der Waals surface area contributed by atoms with Crippen LogP contribution in [-0.4, -0.2) is 63.2 Å². The molecule has 1 aromatic rings. The topological polar surface area (TPSA) is 65.7 Å². The van der Waals surface area contributed by atoms with Crippen LogP contribution in [0.4, 0.5) is 18.0 Å². The molecule has 0 aliphatic carbocycles. The van der Waals surface area contributed by atoms with Crippen molar-refractivity contribution in [3.8, 4) is 0 Å². The van der Waals surface area contributed by atoms with E-state index in [1.54, 1.807) is 32.3 Å². The molecule has 0 radical (unpaired) electrons. The fraction of sp³-hybridized carbons (Fsp3) is 0.688. The molecule has 2 heterocycles. The summed E-state index contributed by atoms with van der Waals surface area (Å²) in [6, 6.07) is 0. The summed E-state index contributed by atoms with van der Waals surface area (Å²) in [7, 11) is 0. The van der Waals surface area contributed by atoms with Crippen LogP contribution in [0.1, 0.15) is 44.5 Å². The summed E-state index contributed by atoms with van der Waals surface area (Å²) < 4.78 is 44.7. The van der Waals surface area contributed by atoms with Gasteiger partial charge < -0.3 is 9.84 Å². The van der Waals surface area contributed by atoms with Crippen molar-refractivity contribution in [2.24, 2.45) is 0 Å². The molecule has 2 rings (SSSR count). The average Bonchev–Trinajstić information content (AvgIpc) is 2.95. The minimum absolute atomic E-state index is 0.0320. The third-order valence-corrected chi connectivity index (χ3v) is 4.64. The van der Waals surface area contributed by atoms with E-state index in [9.17, 15) is 23.1 Å². The summed E-state index contributed by atoms with van der Waals surface area (Å²) in [4.78, 5) is 17.5. The molecule has 1 aliphatic heterocycles. The molecule has 1 amide bonds. The molecule has 1 atom stereocenters. The number of carbonyl (C=O) groups is 1. The van der Waals surface area contributed by atoms with Gasteiger partial charge in [0, 0.05) is 18.8 Å². The van der Waals surface area contributed by atoms with E-state index in [4.69, 9.17) is 4.74 Å². The van der Waals surface area contributed by atoms with Crippen LogP contribution >= 0.6 is 11.3 Å². The Morgan fingerprint density at radius 3 is 2.62 bits per heavy atom. The van der Waals surface area contributed by atoms with Gasteiger partial charge in [0.2, 0.25) is 0 Å². The lowest BCUT2D eigenvalue weighted by molar-refractivity contribution is -0.458. The standard InChI is InChI=1S/C16H23F3N3O3S/c1-10-7-21(5-6-22(10)14(24)25-15(2,3)4)8-11(23)13-20-12(9-26-13)16(17,18)19/h9,11,23H,5-8H2,1-4H3/q+1. The fourth-order valence-corrected chi connectivity index (χ4v) is 3.34. The number of nitrogens with zero attached hydrogens (tertiary/aromatic N) is 3. The van der Waals surface area contributed by atoms with Crippen molar-refractivity contribution in [2.75, 3.05) is 26.2 Å². The van der Waals surface area contributed by atoms with E-state index in [0.717, 1.165) is 22.4 Å². The molecule has 10 heteroatoms. The molecule has 146 valence electrons. The zero-order chi connectivity index (χ0) is 19.7. The maximum absolute atomic E-state index is 12.6. The normalized spacial score (nSPS) is 18.2. The van der Waals surface area contributed by atoms with Gasteiger partial charge in [-0.05, 0) is 20.8 Å². The minimum Gasteiger partial charge on any atom is -0.406 e. The van der Waals surface area contributed by atoms with Gasteiger partial charge in [-0.15, -0.1) is 15.9 Å². The summed E-state index contributed by atoms with van der Waals surface area (Å²) in [5.41, 5.74) is -0.826. The second-order valence-electron chi connectivity index (χ2n) is 7.19. The van der Waals surface area contributed by atoms with Crippen molar-refractivity contribution < 1.29 is 32.4 Å². The Kier molecular flexibility index (Phi) is 6.09. The van der Waals surface area contributed by atoms with Gasteiger partial charge in [0.15, 0.2) is 18.0 Å². The molecule has 26 heavy (non-hydrogen) atoms. The summed E-state index contributed by atoms with van der Waals surface area (Å²) >= 11 is 0.787. The molecule has 0 saturated heterocycles. The van der Waals surface area contributed by atoms with Gasteiger partial charge in [0.25, 0.3) is 0 Å². The molecule has 0 spiro atoms. The SMILES string of the molecule is CC1=[N+](C(=O)OC(C)(C)C)CCN(CC(O)c2nc(C(F)(F)F)cs2)C1. The zero-order valence-electron chi connectivity index (χ0n) is 15.1. The van der Waals surface area contributed by atoms with Crippen LogP contribution in [0.2, 0.25) is 0 Å². The third-order valence-electron chi connectivity index (χ3n) is 3.70. The van der Waals surface area contributed by atoms with Crippen molar-refractivity contribution >= 4 is 23.1 Å². The van der Waals surface area contributed by atoms with Gasteiger partial charge >= 0.3 is 12.3 Å². The van der Waals surface area contributed by atoms with Crippen LogP contribution in [0, 0.1) is 0 Å². The average molecular weight is 394 g/mol. The number of hydrogen-bond donors (Lipinski definition) is 1. The number of amides is 1. The molecular weight excluding hydrogens is 371 g/mol. The van der Waals surface area contributed by atoms with Crippen molar-refractivity contribution in [1.82, 2.24) is 9.88 Å². The highest BCUT2D eigenvalue weighted by molar-refractivity contribution is 7.09. The number of aliphatic hydroxyl groups is 1. The number of halogens is 3. The lowest BCUT2D eigenvalue weighted by atomic mass is 10.2. The number of β-amino-alcohol motifs (C(OH)–C–C–N with tert-alkyl or cyclic N) is 1. The third kappa shape index (κ3) is 5.49. The van der Waals surface area contributed by atoms with Crippen molar-refractivity contribution in [2.45, 2.75) is 45.6 Å². The molecule has 0 fully saturated rings. The Labute approximate surface area is 153 Å². The van der Waals surface area contributed by atoms with Crippen molar-refractivity contribution in [3.05, 3.63) is 16.1 Å². The zero-order valence-corrected chi connectivity index (χ0v) is 15.9. The summed E-state index contributed by atoms with van der Waals surface area (Å²) in [5.74, 6) is 0. The van der Waals surface area contributed by atoms with Crippen LogP contribution in [0.3, 0.4) is 0 Å². The maximum atomic E-state index is 12.6. The second-order valence-corrected chi connectivity index (χ2v) is 8.08. The first kappa shape index (κ1) is 20.8. The molecule has 0 bridgehead atoms. The first-order valence-electron chi connectivity index (χ1n) is 8.13. The smallest absolute Gasteiger partial charge is 0.406 e. The van der Waals surface area contributed by atoms with Gasteiger partial charge in [-0.3, -0.25) is 4.90 Å².